The van der Waals surface area contributed by atoms with Crippen molar-refractivity contribution in [3.05, 3.63) is 22.1 Å². The van der Waals surface area contributed by atoms with E-state index in [-0.39, 0.29) is 0 Å². The van der Waals surface area contributed by atoms with Gasteiger partial charge in [0.25, 0.3) is 0 Å². The first kappa shape index (κ1) is 8.15. The molecule has 0 atom stereocenters. The van der Waals surface area contributed by atoms with Gasteiger partial charge in [-0.15, -0.1) is 0 Å². The molecule has 0 bridgehead atoms. The van der Waals surface area contributed by atoms with Gasteiger partial charge in [0, 0.05) is 11.5 Å². The van der Waals surface area contributed by atoms with Gasteiger partial charge in [0.2, 0.25) is 0 Å². The van der Waals surface area contributed by atoms with Crippen molar-refractivity contribution in [3.63, 3.8) is 0 Å². The van der Waals surface area contributed by atoms with E-state index in [1.165, 1.54) is 24.8 Å². The Labute approximate surface area is 66.7 Å². The van der Waals surface area contributed by atoms with E-state index in [4.69, 9.17) is 5.53 Å². The molecule has 60 valence electrons. The number of allylic oxidation sites excluding steroid dienone is 1. The molecule has 0 aromatic rings. The van der Waals surface area contributed by atoms with Gasteiger partial charge in [0.05, 0.1) is 0 Å². The van der Waals surface area contributed by atoms with Crippen molar-refractivity contribution in [1.29, 1.82) is 0 Å². The fraction of sp³-hybridized carbons (Fsp3) is 0.750. The Morgan fingerprint density at radius 2 is 2.36 bits per heavy atom. The van der Waals surface area contributed by atoms with E-state index in [9.17, 15) is 0 Å². The van der Waals surface area contributed by atoms with Crippen LogP contribution in [0.4, 0.5) is 0 Å². The molecule has 0 amide bonds. The highest BCUT2D eigenvalue weighted by atomic mass is 15.1. The molecule has 1 aliphatic rings. The predicted molar refractivity (Wildman–Crippen MR) is 45.2 cm³/mol. The van der Waals surface area contributed by atoms with Gasteiger partial charge in [-0.2, -0.15) is 0 Å². The van der Waals surface area contributed by atoms with E-state index in [0.717, 1.165) is 12.8 Å². The highest BCUT2D eigenvalue weighted by Gasteiger charge is 2.00. The van der Waals surface area contributed by atoms with E-state index in [0.29, 0.717) is 6.54 Å². The summed E-state index contributed by atoms with van der Waals surface area (Å²) in [7, 11) is 0. The number of rotatable bonds is 2. The molecule has 0 heterocycles. The maximum Gasteiger partial charge on any atom is 0.0470 e. The van der Waals surface area contributed by atoms with Gasteiger partial charge in [-0.25, -0.2) is 0 Å². The van der Waals surface area contributed by atoms with Crippen LogP contribution in [0.25, 0.3) is 10.4 Å². The standard InChI is InChI=1S/C8H13N3/c9-11-10-7-8-5-3-1-2-4-6-8/h5H,1-4,6-7H2. The quantitative estimate of drug-likeness (QED) is 0.252. The van der Waals surface area contributed by atoms with E-state index in [2.05, 4.69) is 16.1 Å². The Bertz CT molecular complexity index is 190. The smallest absolute Gasteiger partial charge is 0.0470 e. The molecule has 0 spiro atoms. The Hall–Kier alpha value is -0.950. The van der Waals surface area contributed by atoms with Crippen molar-refractivity contribution < 1.29 is 0 Å². The zero-order chi connectivity index (χ0) is 7.94. The van der Waals surface area contributed by atoms with Gasteiger partial charge < -0.3 is 0 Å². The number of azide groups is 1. The van der Waals surface area contributed by atoms with Crippen molar-refractivity contribution >= 4 is 0 Å². The van der Waals surface area contributed by atoms with Crippen LogP contribution in [0.15, 0.2) is 16.8 Å². The van der Waals surface area contributed by atoms with Crippen molar-refractivity contribution in [3.8, 4) is 0 Å². The first-order valence-corrected chi connectivity index (χ1v) is 4.12. The second-order valence-corrected chi connectivity index (χ2v) is 2.85. The monoisotopic (exact) mass is 151 g/mol. The molecule has 3 nitrogen and oxygen atoms in total. The molecular formula is C8H13N3. The van der Waals surface area contributed by atoms with Crippen LogP contribution in [0.1, 0.15) is 32.1 Å². The average molecular weight is 151 g/mol. The number of nitrogens with zero attached hydrogens (tertiary/aromatic N) is 3. The molecule has 0 fully saturated rings. The summed E-state index contributed by atoms with van der Waals surface area (Å²) >= 11 is 0. The molecule has 0 radical (unpaired) electrons. The SMILES string of the molecule is [N-]=[N+]=NCC1=CCCCCC1. The highest BCUT2D eigenvalue weighted by molar-refractivity contribution is 5.05. The lowest BCUT2D eigenvalue weighted by molar-refractivity contribution is 0.708. The molecule has 0 saturated heterocycles. The topological polar surface area (TPSA) is 48.8 Å². The van der Waals surface area contributed by atoms with Gasteiger partial charge in [-0.05, 0) is 31.2 Å². The first-order chi connectivity index (χ1) is 5.43. The summed E-state index contributed by atoms with van der Waals surface area (Å²) in [4.78, 5) is 2.74. The molecule has 0 N–H and O–H groups in total. The van der Waals surface area contributed by atoms with Crippen LogP contribution in [0.5, 0.6) is 0 Å². The van der Waals surface area contributed by atoms with E-state index in [1.54, 1.807) is 0 Å². The number of hydrogen-bond acceptors (Lipinski definition) is 1. The van der Waals surface area contributed by atoms with Gasteiger partial charge in [0.15, 0.2) is 0 Å². The minimum absolute atomic E-state index is 0.580. The third kappa shape index (κ3) is 3.10. The Kier molecular flexibility index (Phi) is 3.56. The molecule has 0 saturated carbocycles. The van der Waals surface area contributed by atoms with E-state index >= 15 is 0 Å². The zero-order valence-corrected chi connectivity index (χ0v) is 6.66. The Morgan fingerprint density at radius 3 is 3.18 bits per heavy atom. The van der Waals surface area contributed by atoms with Crippen LogP contribution in [-0.4, -0.2) is 6.54 Å². The van der Waals surface area contributed by atoms with Crippen molar-refractivity contribution in [1.82, 2.24) is 0 Å². The highest BCUT2D eigenvalue weighted by Crippen LogP contribution is 2.16. The molecule has 1 aliphatic carbocycles. The zero-order valence-electron chi connectivity index (χ0n) is 6.66. The number of hydrogen-bond donors (Lipinski definition) is 0. The maximum absolute atomic E-state index is 8.10. The lowest BCUT2D eigenvalue weighted by atomic mass is 10.1. The summed E-state index contributed by atoms with van der Waals surface area (Å²) in [5.74, 6) is 0. The van der Waals surface area contributed by atoms with Crippen LogP contribution < -0.4 is 0 Å². The average Bonchev–Trinajstić information content (AvgIpc) is 2.28. The third-order valence-electron chi connectivity index (χ3n) is 1.97. The molecule has 0 unspecified atom stereocenters. The normalized spacial score (nSPS) is 18.0. The molecule has 11 heavy (non-hydrogen) atoms. The van der Waals surface area contributed by atoms with Crippen LogP contribution in [0, 0.1) is 0 Å². The molecule has 3 heteroatoms. The Balaban J connectivity index is 2.40. The minimum atomic E-state index is 0.580. The fourth-order valence-electron chi connectivity index (χ4n) is 1.35. The van der Waals surface area contributed by atoms with Gasteiger partial charge in [-0.1, -0.05) is 23.2 Å². The van der Waals surface area contributed by atoms with Crippen LogP contribution in [0.3, 0.4) is 0 Å². The van der Waals surface area contributed by atoms with Gasteiger partial charge in [0.1, 0.15) is 0 Å². The van der Waals surface area contributed by atoms with E-state index < -0.39 is 0 Å². The van der Waals surface area contributed by atoms with Crippen LogP contribution >= 0.6 is 0 Å². The first-order valence-electron chi connectivity index (χ1n) is 4.12. The molecular weight excluding hydrogens is 138 g/mol. The summed E-state index contributed by atoms with van der Waals surface area (Å²) in [6.07, 6.45) is 8.37. The summed E-state index contributed by atoms with van der Waals surface area (Å²) in [6.45, 7) is 0.580. The molecule has 1 rings (SSSR count). The van der Waals surface area contributed by atoms with Crippen molar-refractivity contribution in [2.24, 2.45) is 5.11 Å². The summed E-state index contributed by atoms with van der Waals surface area (Å²) < 4.78 is 0. The van der Waals surface area contributed by atoms with Crippen molar-refractivity contribution in [2.75, 3.05) is 6.54 Å². The van der Waals surface area contributed by atoms with Gasteiger partial charge >= 0.3 is 0 Å². The second kappa shape index (κ2) is 4.80. The van der Waals surface area contributed by atoms with Crippen molar-refractivity contribution in [2.45, 2.75) is 32.1 Å². The fourth-order valence-corrected chi connectivity index (χ4v) is 1.35. The third-order valence-corrected chi connectivity index (χ3v) is 1.97. The van der Waals surface area contributed by atoms with Crippen LogP contribution in [-0.2, 0) is 0 Å². The lowest BCUT2D eigenvalue weighted by Gasteiger charge is -1.97. The molecule has 0 aliphatic heterocycles. The maximum atomic E-state index is 8.10. The second-order valence-electron chi connectivity index (χ2n) is 2.85. The van der Waals surface area contributed by atoms with Gasteiger partial charge in [-0.3, -0.25) is 0 Å². The lowest BCUT2D eigenvalue weighted by Crippen LogP contribution is -1.85. The Morgan fingerprint density at radius 1 is 1.45 bits per heavy atom. The summed E-state index contributed by atoms with van der Waals surface area (Å²) in [5, 5.41) is 3.55. The summed E-state index contributed by atoms with van der Waals surface area (Å²) in [5.41, 5.74) is 9.42. The molecule has 0 aromatic heterocycles. The van der Waals surface area contributed by atoms with Crippen LogP contribution in [0.2, 0.25) is 0 Å². The largest absolute Gasteiger partial charge is 0.0896 e. The minimum Gasteiger partial charge on any atom is -0.0896 e. The predicted octanol–water partition coefficient (Wildman–Crippen LogP) is 3.19. The summed E-state index contributed by atoms with van der Waals surface area (Å²) in [6, 6.07) is 0. The van der Waals surface area contributed by atoms with E-state index in [1.807, 2.05) is 0 Å². The molecule has 0 aromatic carbocycles.